The monoisotopic (exact) mass is 476 g/mol. The minimum atomic E-state index is -3.74. The molecule has 2 aromatic carbocycles. The van der Waals surface area contributed by atoms with Crippen LogP contribution in [-0.4, -0.2) is 36.3 Å². The van der Waals surface area contributed by atoms with Crippen LogP contribution in [0.25, 0.3) is 0 Å². The number of amides is 1. The Kier molecular flexibility index (Phi) is 7.98. The molecule has 0 heterocycles. The second-order valence-electron chi connectivity index (χ2n) is 8.28. The summed E-state index contributed by atoms with van der Waals surface area (Å²) in [6.45, 7) is 5.65. The van der Waals surface area contributed by atoms with Crippen molar-refractivity contribution in [2.75, 3.05) is 6.54 Å². The highest BCUT2D eigenvalue weighted by molar-refractivity contribution is 7.89. The van der Waals surface area contributed by atoms with Gasteiger partial charge >= 0.3 is 0 Å². The largest absolute Gasteiger partial charge is 0.511 e. The van der Waals surface area contributed by atoms with E-state index in [1.54, 1.807) is 52.8 Å². The fourth-order valence-electron chi connectivity index (χ4n) is 4.07. The molecule has 2 N–H and O–H groups in total. The third kappa shape index (κ3) is 5.91. The maximum atomic E-state index is 13.6. The smallest absolute Gasteiger partial charge is 0.251 e. The average molecular weight is 477 g/mol. The third-order valence-electron chi connectivity index (χ3n) is 5.86. The summed E-state index contributed by atoms with van der Waals surface area (Å²) in [5.74, 6) is -0.208. The van der Waals surface area contributed by atoms with Gasteiger partial charge in [-0.1, -0.05) is 50.1 Å². The summed E-state index contributed by atoms with van der Waals surface area (Å²) in [4.78, 5) is 12.4. The van der Waals surface area contributed by atoms with E-state index in [2.05, 4.69) is 18.8 Å². The number of halogens is 1. The predicted molar refractivity (Wildman–Crippen MR) is 126 cm³/mol. The van der Waals surface area contributed by atoms with Crippen molar-refractivity contribution in [3.63, 3.8) is 0 Å². The van der Waals surface area contributed by atoms with Crippen molar-refractivity contribution >= 4 is 27.5 Å². The minimum Gasteiger partial charge on any atom is -0.511 e. The summed E-state index contributed by atoms with van der Waals surface area (Å²) in [7, 11) is -3.74. The molecule has 0 bridgehead atoms. The highest BCUT2D eigenvalue weighted by Crippen LogP contribution is 2.33. The van der Waals surface area contributed by atoms with Gasteiger partial charge in [0.05, 0.1) is 11.4 Å². The number of benzene rings is 2. The molecule has 1 aliphatic carbocycles. The van der Waals surface area contributed by atoms with Crippen LogP contribution in [-0.2, 0) is 16.6 Å². The molecule has 1 fully saturated rings. The van der Waals surface area contributed by atoms with E-state index in [1.165, 1.54) is 0 Å². The van der Waals surface area contributed by atoms with E-state index < -0.39 is 10.0 Å². The molecule has 1 aliphatic rings. The van der Waals surface area contributed by atoms with E-state index in [9.17, 15) is 13.2 Å². The maximum absolute atomic E-state index is 13.6. The molecule has 0 aliphatic heterocycles. The highest BCUT2D eigenvalue weighted by atomic mass is 35.5. The molecule has 2 aromatic rings. The van der Waals surface area contributed by atoms with Crippen molar-refractivity contribution in [2.45, 2.75) is 50.1 Å². The van der Waals surface area contributed by atoms with Gasteiger partial charge in [0.15, 0.2) is 0 Å². The number of sulfonamides is 1. The van der Waals surface area contributed by atoms with E-state index in [1.807, 2.05) is 0 Å². The van der Waals surface area contributed by atoms with Gasteiger partial charge < -0.3 is 10.4 Å². The molecular formula is C24H29ClN2O4S. The molecule has 0 spiro atoms. The van der Waals surface area contributed by atoms with Crippen LogP contribution >= 0.6 is 11.6 Å². The molecule has 8 heteroatoms. The first kappa shape index (κ1) is 24.3. The molecule has 3 rings (SSSR count). The number of nitrogens with zero attached hydrogens (tertiary/aromatic N) is 1. The Labute approximate surface area is 195 Å². The summed E-state index contributed by atoms with van der Waals surface area (Å²) in [5.41, 5.74) is 1.22. The lowest BCUT2D eigenvalue weighted by atomic mass is 9.86. The minimum absolute atomic E-state index is 0.0206. The Morgan fingerprint density at radius 1 is 1.12 bits per heavy atom. The molecule has 172 valence electrons. The number of hydrogen-bond acceptors (Lipinski definition) is 4. The lowest BCUT2D eigenvalue weighted by molar-refractivity contribution is 0.0952. The van der Waals surface area contributed by atoms with Crippen LogP contribution in [0.5, 0.6) is 0 Å². The van der Waals surface area contributed by atoms with E-state index >= 15 is 0 Å². The Balaban J connectivity index is 1.87. The zero-order valence-corrected chi connectivity index (χ0v) is 19.7. The number of aliphatic hydroxyl groups excluding tert-OH is 1. The van der Waals surface area contributed by atoms with Crippen LogP contribution < -0.4 is 5.32 Å². The van der Waals surface area contributed by atoms with Gasteiger partial charge in [0.1, 0.15) is 5.76 Å². The SMILES string of the molecule is C=C(O)CNC(=O)c1ccc(CN(C2CCCCC2C)S(=O)(=O)c2ccc(Cl)cc2)cc1. The molecule has 1 saturated carbocycles. The average Bonchev–Trinajstić information content (AvgIpc) is 2.77. The molecule has 0 saturated heterocycles. The second kappa shape index (κ2) is 10.5. The Morgan fingerprint density at radius 3 is 2.34 bits per heavy atom. The van der Waals surface area contributed by atoms with Gasteiger partial charge in [-0.15, -0.1) is 0 Å². The van der Waals surface area contributed by atoms with Crippen molar-refractivity contribution < 1.29 is 18.3 Å². The zero-order chi connectivity index (χ0) is 23.3. The summed E-state index contributed by atoms with van der Waals surface area (Å²) in [5, 5.41) is 12.2. The summed E-state index contributed by atoms with van der Waals surface area (Å²) < 4.78 is 28.8. The Bertz CT molecular complexity index is 1050. The van der Waals surface area contributed by atoms with E-state index in [0.29, 0.717) is 10.6 Å². The topological polar surface area (TPSA) is 86.7 Å². The number of aliphatic hydroxyl groups is 1. The first-order valence-electron chi connectivity index (χ1n) is 10.7. The van der Waals surface area contributed by atoms with Crippen molar-refractivity contribution in [1.82, 2.24) is 9.62 Å². The molecule has 1 amide bonds. The Hall–Kier alpha value is -2.35. The van der Waals surface area contributed by atoms with Gasteiger partial charge in [0, 0.05) is 23.2 Å². The van der Waals surface area contributed by atoms with Gasteiger partial charge in [0.2, 0.25) is 10.0 Å². The van der Waals surface area contributed by atoms with Crippen LogP contribution in [0.1, 0.15) is 48.5 Å². The fourth-order valence-corrected chi connectivity index (χ4v) is 5.94. The molecule has 0 radical (unpaired) electrons. The Morgan fingerprint density at radius 2 is 1.75 bits per heavy atom. The standard InChI is InChI=1S/C24H29ClN2O4S/c1-17-5-3-4-6-23(17)27(32(30,31)22-13-11-21(25)12-14-22)16-19-7-9-20(10-8-19)24(29)26-15-18(2)28/h7-14,17,23,28H,2-6,15-16H2,1H3,(H,26,29). The summed E-state index contributed by atoms with van der Waals surface area (Å²) in [6.07, 6.45) is 3.92. The zero-order valence-electron chi connectivity index (χ0n) is 18.1. The van der Waals surface area contributed by atoms with Crippen LogP contribution in [0.15, 0.2) is 65.8 Å². The van der Waals surface area contributed by atoms with Gasteiger partial charge in [0.25, 0.3) is 5.91 Å². The number of carbonyl (C=O) groups excluding carboxylic acids is 1. The third-order valence-corrected chi connectivity index (χ3v) is 8.00. The fraction of sp³-hybridized carbons (Fsp3) is 0.375. The summed E-state index contributed by atoms with van der Waals surface area (Å²) in [6, 6.07) is 13.0. The first-order valence-corrected chi connectivity index (χ1v) is 12.5. The summed E-state index contributed by atoms with van der Waals surface area (Å²) >= 11 is 5.96. The normalized spacial score (nSPS) is 19.0. The van der Waals surface area contributed by atoms with E-state index in [-0.39, 0.29) is 41.6 Å². The van der Waals surface area contributed by atoms with E-state index in [4.69, 9.17) is 16.7 Å². The number of hydrogen-bond donors (Lipinski definition) is 2. The maximum Gasteiger partial charge on any atom is 0.251 e. The number of carbonyl (C=O) groups is 1. The van der Waals surface area contributed by atoms with Crippen LogP contribution in [0, 0.1) is 5.92 Å². The van der Waals surface area contributed by atoms with Crippen LogP contribution in [0.2, 0.25) is 5.02 Å². The van der Waals surface area contributed by atoms with E-state index in [0.717, 1.165) is 31.2 Å². The molecule has 2 atom stereocenters. The highest BCUT2D eigenvalue weighted by Gasteiger charge is 2.36. The van der Waals surface area contributed by atoms with Gasteiger partial charge in [-0.3, -0.25) is 4.79 Å². The van der Waals surface area contributed by atoms with Crippen molar-refractivity contribution in [3.8, 4) is 0 Å². The lowest BCUT2D eigenvalue weighted by Gasteiger charge is -2.37. The second-order valence-corrected chi connectivity index (χ2v) is 10.6. The lowest BCUT2D eigenvalue weighted by Crippen LogP contribution is -2.44. The van der Waals surface area contributed by atoms with Crippen LogP contribution in [0.4, 0.5) is 0 Å². The molecule has 6 nitrogen and oxygen atoms in total. The van der Waals surface area contributed by atoms with Gasteiger partial charge in [-0.2, -0.15) is 4.31 Å². The predicted octanol–water partition coefficient (Wildman–Crippen LogP) is 4.91. The molecule has 32 heavy (non-hydrogen) atoms. The van der Waals surface area contributed by atoms with Crippen molar-refractivity contribution in [1.29, 1.82) is 0 Å². The molecular weight excluding hydrogens is 448 g/mol. The molecule has 0 aromatic heterocycles. The molecule has 2 unspecified atom stereocenters. The van der Waals surface area contributed by atoms with Gasteiger partial charge in [-0.25, -0.2) is 8.42 Å². The van der Waals surface area contributed by atoms with Crippen molar-refractivity contribution in [3.05, 3.63) is 77.0 Å². The number of nitrogens with one attached hydrogen (secondary N) is 1. The first-order chi connectivity index (χ1) is 15.2. The van der Waals surface area contributed by atoms with Gasteiger partial charge in [-0.05, 0) is 60.7 Å². The quantitative estimate of drug-likeness (QED) is 0.530. The number of rotatable bonds is 8. The van der Waals surface area contributed by atoms with Crippen molar-refractivity contribution in [2.24, 2.45) is 5.92 Å². The van der Waals surface area contributed by atoms with Crippen LogP contribution in [0.3, 0.4) is 0 Å².